The molecule has 3 unspecified atom stereocenters. The predicted octanol–water partition coefficient (Wildman–Crippen LogP) is 21.9. The second-order valence-corrected chi connectivity index (χ2v) is 26.8. The summed E-state index contributed by atoms with van der Waals surface area (Å²) in [5, 5.41) is 3.04. The number of likely N-dealkylation sites (N-methyl/N-ethyl adjacent to an activating group) is 1. The molecule has 10 heteroatoms. The fourth-order valence-electron chi connectivity index (χ4n) is 10.4. The van der Waals surface area contributed by atoms with Crippen molar-refractivity contribution in [1.82, 2.24) is 5.32 Å². The quantitative estimate of drug-likeness (QED) is 0.0212. The maximum absolute atomic E-state index is 13.6. The maximum Gasteiger partial charge on any atom is 0.306 e. The van der Waals surface area contributed by atoms with E-state index in [9.17, 15) is 19.0 Å². The van der Waals surface area contributed by atoms with Crippen LogP contribution >= 0.6 is 7.82 Å². The minimum absolute atomic E-state index is 0.0228. The van der Waals surface area contributed by atoms with Gasteiger partial charge in [0, 0.05) is 12.8 Å². The van der Waals surface area contributed by atoms with E-state index in [1.165, 1.54) is 238 Å². The first-order chi connectivity index (χ1) is 40.4. The van der Waals surface area contributed by atoms with E-state index in [0.717, 1.165) is 70.6 Å². The van der Waals surface area contributed by atoms with Crippen LogP contribution in [-0.4, -0.2) is 69.4 Å². The highest BCUT2D eigenvalue weighted by Crippen LogP contribution is 2.38. The molecule has 0 aliphatic rings. The van der Waals surface area contributed by atoms with Crippen molar-refractivity contribution in [3.63, 3.8) is 0 Å². The van der Waals surface area contributed by atoms with Gasteiger partial charge >= 0.3 is 5.97 Å². The summed E-state index contributed by atoms with van der Waals surface area (Å²) in [6.07, 6.45) is 80.6. The summed E-state index contributed by atoms with van der Waals surface area (Å²) in [7, 11) is 1.19. The molecule has 3 atom stereocenters. The number of rotatable bonds is 65. The van der Waals surface area contributed by atoms with Crippen LogP contribution in [0.2, 0.25) is 0 Å². The summed E-state index contributed by atoms with van der Waals surface area (Å²) < 4.78 is 30.4. The number of hydrogen-bond donors (Lipinski definition) is 1. The average Bonchev–Trinajstić information content (AvgIpc) is 3.51. The Morgan fingerprint density at radius 3 is 1.13 bits per heavy atom. The van der Waals surface area contributed by atoms with Gasteiger partial charge in [0.2, 0.25) is 5.91 Å². The van der Waals surface area contributed by atoms with Crippen molar-refractivity contribution in [3.8, 4) is 0 Å². The highest BCUT2D eigenvalue weighted by atomic mass is 31.2. The number of amides is 1. The third-order valence-electron chi connectivity index (χ3n) is 15.9. The van der Waals surface area contributed by atoms with Crippen LogP contribution in [-0.2, 0) is 27.9 Å². The maximum atomic E-state index is 13.6. The first-order valence-corrected chi connectivity index (χ1v) is 37.1. The number of quaternary nitrogens is 1. The number of phosphoric ester groups is 1. The smallest absolute Gasteiger partial charge is 0.306 e. The molecule has 0 rings (SSSR count). The van der Waals surface area contributed by atoms with Gasteiger partial charge in [-0.3, -0.25) is 14.2 Å². The Balaban J connectivity index is 5.03. The molecule has 0 aromatic rings. The van der Waals surface area contributed by atoms with E-state index in [2.05, 4.69) is 74.7 Å². The van der Waals surface area contributed by atoms with Crippen LogP contribution < -0.4 is 10.2 Å². The predicted molar refractivity (Wildman–Crippen MR) is 358 cm³/mol. The van der Waals surface area contributed by atoms with Gasteiger partial charge in [-0.05, 0) is 96.0 Å². The first-order valence-electron chi connectivity index (χ1n) is 35.6. The van der Waals surface area contributed by atoms with Gasteiger partial charge in [0.15, 0.2) is 0 Å². The third kappa shape index (κ3) is 64.0. The van der Waals surface area contributed by atoms with Gasteiger partial charge < -0.3 is 28.5 Å². The minimum atomic E-state index is -4.70. The summed E-state index contributed by atoms with van der Waals surface area (Å²) >= 11 is 0. The molecule has 0 radical (unpaired) electrons. The Labute approximate surface area is 515 Å². The normalized spacial score (nSPS) is 13.9. The second kappa shape index (κ2) is 62.8. The van der Waals surface area contributed by atoms with Crippen molar-refractivity contribution in [2.45, 2.75) is 354 Å². The van der Waals surface area contributed by atoms with Crippen molar-refractivity contribution in [2.24, 2.45) is 0 Å². The molecular weight excluding hydrogens is 1050 g/mol. The lowest BCUT2D eigenvalue weighted by Crippen LogP contribution is -2.47. The molecule has 0 bridgehead atoms. The van der Waals surface area contributed by atoms with E-state index in [-0.39, 0.29) is 31.5 Å². The number of nitrogens with zero attached hydrogens (tertiary/aromatic N) is 1. The second-order valence-electron chi connectivity index (χ2n) is 25.4. The lowest BCUT2D eigenvalue weighted by Gasteiger charge is -2.30. The number of hydrogen-bond acceptors (Lipinski definition) is 7. The summed E-state index contributed by atoms with van der Waals surface area (Å²) in [4.78, 5) is 40.2. The highest BCUT2D eigenvalue weighted by Gasteiger charge is 2.27. The van der Waals surface area contributed by atoms with Gasteiger partial charge in [0.05, 0.1) is 33.8 Å². The molecule has 1 N–H and O–H groups in total. The summed E-state index contributed by atoms with van der Waals surface area (Å²) in [6.45, 7) is 6.85. The number of allylic oxidation sites excluding steroid dienone is 9. The van der Waals surface area contributed by atoms with Crippen molar-refractivity contribution in [2.75, 3.05) is 40.9 Å². The van der Waals surface area contributed by atoms with Crippen molar-refractivity contribution in [1.29, 1.82) is 0 Å². The molecule has 0 fully saturated rings. The number of nitrogens with one attached hydrogen (secondary N) is 1. The molecule has 0 saturated heterocycles. The standard InChI is InChI=1S/C73H137N2O7P/c1-7-10-13-16-19-22-25-27-29-31-33-35-37-39-41-43-45-47-50-53-56-59-62-65-72(76)74-70(69-81-83(78,79)80-68-67-75(4,5)6)71(64-61-58-55-52-49-24-21-18-15-12-9-3)82-73(77)66-63-60-57-54-51-48-46-44-42-40-38-36-34-32-30-28-26-23-20-17-14-11-8-2/h20,23,27-30,34,36,61,64,70-71H,7-19,21-22,24-26,31-33,35,37-60,62-63,65-69H2,1-6H3,(H-,74,76,78,79)/b23-20-,29-27+,30-28-,36-34-,64-61+. The molecular formula is C73H137N2O7P. The highest BCUT2D eigenvalue weighted by molar-refractivity contribution is 7.45. The largest absolute Gasteiger partial charge is 0.756 e. The molecule has 1 amide bonds. The van der Waals surface area contributed by atoms with Crippen LogP contribution in [0.4, 0.5) is 0 Å². The summed E-state index contributed by atoms with van der Waals surface area (Å²) in [5.74, 6) is -0.534. The van der Waals surface area contributed by atoms with Crippen LogP contribution in [0.3, 0.4) is 0 Å². The van der Waals surface area contributed by atoms with Crippen LogP contribution in [0.15, 0.2) is 60.8 Å². The first kappa shape index (κ1) is 80.7. The van der Waals surface area contributed by atoms with E-state index in [1.807, 2.05) is 33.3 Å². The van der Waals surface area contributed by atoms with Crippen LogP contribution in [0.5, 0.6) is 0 Å². The molecule has 0 aromatic carbocycles. The Hall–Kier alpha value is -2.29. The Morgan fingerprint density at radius 1 is 0.422 bits per heavy atom. The topological polar surface area (TPSA) is 114 Å². The van der Waals surface area contributed by atoms with Gasteiger partial charge in [0.25, 0.3) is 7.82 Å². The van der Waals surface area contributed by atoms with Gasteiger partial charge in [0.1, 0.15) is 19.3 Å². The molecule has 486 valence electrons. The SMILES string of the molecule is CCCCC/C=C\C/C=C\C/C=C\CCCCCCCCCCCCC(=O)OC(/C=C/CCCCCCCCCCC)C(COP(=O)([O-])OCC[N+](C)(C)C)NC(=O)CCCCCCCCCCCCCCC/C=C/CCCCCCCC. The fourth-order valence-corrected chi connectivity index (χ4v) is 11.1. The number of ether oxygens (including phenoxy) is 1. The molecule has 0 aliphatic heterocycles. The van der Waals surface area contributed by atoms with E-state index >= 15 is 0 Å². The Morgan fingerprint density at radius 2 is 0.735 bits per heavy atom. The Kier molecular flexibility index (Phi) is 61.0. The Bertz CT molecular complexity index is 1600. The van der Waals surface area contributed by atoms with Crippen LogP contribution in [0.1, 0.15) is 342 Å². The molecule has 83 heavy (non-hydrogen) atoms. The lowest BCUT2D eigenvalue weighted by atomic mass is 10.0. The molecule has 0 aromatic heterocycles. The number of carbonyl (C=O) groups excluding carboxylic acids is 2. The molecule has 9 nitrogen and oxygen atoms in total. The van der Waals surface area contributed by atoms with Gasteiger partial charge in [-0.1, -0.05) is 294 Å². The average molecular weight is 1190 g/mol. The zero-order valence-electron chi connectivity index (χ0n) is 55.7. The number of carbonyl (C=O) groups is 2. The van der Waals surface area contributed by atoms with Crippen molar-refractivity contribution >= 4 is 19.7 Å². The van der Waals surface area contributed by atoms with Gasteiger partial charge in [-0.15, -0.1) is 0 Å². The van der Waals surface area contributed by atoms with E-state index in [0.29, 0.717) is 17.4 Å². The number of unbranched alkanes of at least 4 members (excludes halogenated alkanes) is 41. The van der Waals surface area contributed by atoms with E-state index < -0.39 is 20.0 Å². The van der Waals surface area contributed by atoms with Crippen LogP contribution in [0, 0.1) is 0 Å². The molecule has 0 aliphatic carbocycles. The summed E-state index contributed by atoms with van der Waals surface area (Å²) in [5.41, 5.74) is 0. The molecule has 0 saturated carbocycles. The molecule has 0 heterocycles. The van der Waals surface area contributed by atoms with Gasteiger partial charge in [-0.2, -0.15) is 0 Å². The number of phosphoric acid groups is 1. The van der Waals surface area contributed by atoms with Crippen molar-refractivity contribution < 1.29 is 37.3 Å². The molecule has 0 spiro atoms. The number of esters is 1. The third-order valence-corrected chi connectivity index (χ3v) is 16.9. The zero-order chi connectivity index (χ0) is 60.7. The van der Waals surface area contributed by atoms with Gasteiger partial charge in [-0.25, -0.2) is 0 Å². The fraction of sp³-hybridized carbons (Fsp3) is 0.836. The van der Waals surface area contributed by atoms with E-state index in [1.54, 1.807) is 0 Å². The monoisotopic (exact) mass is 1190 g/mol. The lowest BCUT2D eigenvalue weighted by molar-refractivity contribution is -0.870. The summed E-state index contributed by atoms with van der Waals surface area (Å²) in [6, 6.07) is -0.891. The van der Waals surface area contributed by atoms with Crippen molar-refractivity contribution in [3.05, 3.63) is 60.8 Å². The minimum Gasteiger partial charge on any atom is -0.756 e. The van der Waals surface area contributed by atoms with E-state index in [4.69, 9.17) is 13.8 Å². The zero-order valence-corrected chi connectivity index (χ0v) is 56.6. The van der Waals surface area contributed by atoms with Crippen LogP contribution in [0.25, 0.3) is 0 Å².